The third-order valence-corrected chi connectivity index (χ3v) is 6.50. The van der Waals surface area contributed by atoms with Crippen LogP contribution in [0.15, 0.2) is 64.5 Å². The second-order valence-corrected chi connectivity index (χ2v) is 8.61. The van der Waals surface area contributed by atoms with Crippen molar-refractivity contribution in [2.75, 3.05) is 13.2 Å². The zero-order valence-corrected chi connectivity index (χ0v) is 17.4. The SMILES string of the molecule is O[C@H](CNC1CCCc2ccccc21)COc1cccc(-c2noc3ccsc23)c1. The molecule has 0 spiro atoms. The van der Waals surface area contributed by atoms with E-state index in [-0.39, 0.29) is 6.61 Å². The highest BCUT2D eigenvalue weighted by atomic mass is 32.1. The van der Waals surface area contributed by atoms with Gasteiger partial charge in [0, 0.05) is 18.2 Å². The molecule has 2 heterocycles. The molecular formula is C24H24N2O3S. The molecule has 0 bridgehead atoms. The van der Waals surface area contributed by atoms with Crippen molar-refractivity contribution in [3.05, 3.63) is 71.1 Å². The molecule has 30 heavy (non-hydrogen) atoms. The average molecular weight is 421 g/mol. The van der Waals surface area contributed by atoms with Crippen LogP contribution >= 0.6 is 11.3 Å². The molecule has 0 aliphatic heterocycles. The van der Waals surface area contributed by atoms with E-state index in [1.807, 2.05) is 35.7 Å². The van der Waals surface area contributed by atoms with E-state index in [2.05, 4.69) is 34.7 Å². The highest BCUT2D eigenvalue weighted by molar-refractivity contribution is 7.17. The van der Waals surface area contributed by atoms with E-state index in [4.69, 9.17) is 9.26 Å². The number of hydrogen-bond acceptors (Lipinski definition) is 6. The molecule has 2 atom stereocenters. The fraction of sp³-hybridized carbons (Fsp3) is 0.292. The highest BCUT2D eigenvalue weighted by Gasteiger charge is 2.20. The number of benzene rings is 2. The molecule has 1 aliphatic carbocycles. The standard InChI is InChI=1S/C24H24N2O3S/c27-18(14-25-21-10-4-6-16-5-1-2-9-20(16)21)15-28-19-8-3-7-17(13-19)23-24-22(29-26-23)11-12-30-24/h1-3,5,7-9,11-13,18,21,25,27H,4,6,10,14-15H2/t18-,21?/m1/s1. The Morgan fingerprint density at radius 3 is 3.10 bits per heavy atom. The van der Waals surface area contributed by atoms with Crippen LogP contribution in [0.4, 0.5) is 0 Å². The van der Waals surface area contributed by atoms with E-state index in [1.54, 1.807) is 11.3 Å². The summed E-state index contributed by atoms with van der Waals surface area (Å²) in [4.78, 5) is 0. The average Bonchev–Trinajstić information content (AvgIpc) is 3.40. The largest absolute Gasteiger partial charge is 0.491 e. The number of aliphatic hydroxyl groups is 1. The highest BCUT2D eigenvalue weighted by Crippen LogP contribution is 2.33. The van der Waals surface area contributed by atoms with E-state index in [9.17, 15) is 5.11 Å². The molecule has 2 aromatic heterocycles. The predicted molar refractivity (Wildman–Crippen MR) is 119 cm³/mol. The number of ether oxygens (including phenoxy) is 1. The summed E-state index contributed by atoms with van der Waals surface area (Å²) in [5.74, 6) is 0.710. The molecule has 2 aromatic carbocycles. The van der Waals surface area contributed by atoms with Crippen molar-refractivity contribution in [2.45, 2.75) is 31.4 Å². The second kappa shape index (κ2) is 8.60. The van der Waals surface area contributed by atoms with Gasteiger partial charge in [-0.15, -0.1) is 11.3 Å². The molecule has 0 saturated heterocycles. The van der Waals surface area contributed by atoms with Crippen LogP contribution in [0.2, 0.25) is 0 Å². The first-order valence-corrected chi connectivity index (χ1v) is 11.2. The van der Waals surface area contributed by atoms with Gasteiger partial charge in [0.25, 0.3) is 0 Å². The summed E-state index contributed by atoms with van der Waals surface area (Å²) in [7, 11) is 0. The Hall–Kier alpha value is -2.67. The summed E-state index contributed by atoms with van der Waals surface area (Å²) < 4.78 is 12.3. The molecule has 5 nitrogen and oxygen atoms in total. The molecule has 1 unspecified atom stereocenters. The van der Waals surface area contributed by atoms with Gasteiger partial charge >= 0.3 is 0 Å². The maximum Gasteiger partial charge on any atom is 0.178 e. The minimum Gasteiger partial charge on any atom is -0.491 e. The molecule has 0 saturated carbocycles. The number of aromatic nitrogens is 1. The fourth-order valence-corrected chi connectivity index (χ4v) is 4.91. The summed E-state index contributed by atoms with van der Waals surface area (Å²) in [5.41, 5.74) is 5.34. The zero-order chi connectivity index (χ0) is 20.3. The summed E-state index contributed by atoms with van der Waals surface area (Å²) in [6.07, 6.45) is 2.83. The minimum atomic E-state index is -0.584. The fourth-order valence-electron chi connectivity index (χ4n) is 4.09. The van der Waals surface area contributed by atoms with Crippen molar-refractivity contribution < 1.29 is 14.4 Å². The van der Waals surface area contributed by atoms with Gasteiger partial charge in [-0.1, -0.05) is 41.6 Å². The van der Waals surface area contributed by atoms with Crippen LogP contribution in [-0.2, 0) is 6.42 Å². The quantitative estimate of drug-likeness (QED) is 0.442. The van der Waals surface area contributed by atoms with Gasteiger partial charge in [-0.25, -0.2) is 0 Å². The maximum absolute atomic E-state index is 10.4. The van der Waals surface area contributed by atoms with E-state index >= 15 is 0 Å². The smallest absolute Gasteiger partial charge is 0.178 e. The lowest BCUT2D eigenvalue weighted by atomic mass is 9.88. The van der Waals surface area contributed by atoms with Crippen molar-refractivity contribution >= 4 is 21.6 Å². The third-order valence-electron chi connectivity index (χ3n) is 5.60. The van der Waals surface area contributed by atoms with E-state index in [0.29, 0.717) is 18.3 Å². The number of nitrogens with zero attached hydrogens (tertiary/aromatic N) is 1. The number of rotatable bonds is 7. The molecular weight excluding hydrogens is 396 g/mol. The molecule has 6 heteroatoms. The Labute approximate surface area is 179 Å². The lowest BCUT2D eigenvalue weighted by molar-refractivity contribution is 0.103. The molecule has 0 radical (unpaired) electrons. The molecule has 1 aliphatic rings. The van der Waals surface area contributed by atoms with Gasteiger partial charge in [-0.2, -0.15) is 0 Å². The van der Waals surface area contributed by atoms with Crippen LogP contribution in [0.1, 0.15) is 30.0 Å². The van der Waals surface area contributed by atoms with Gasteiger partial charge < -0.3 is 19.7 Å². The summed E-state index contributed by atoms with van der Waals surface area (Å²) in [6.45, 7) is 0.732. The van der Waals surface area contributed by atoms with Crippen molar-refractivity contribution in [2.24, 2.45) is 0 Å². The van der Waals surface area contributed by atoms with Crippen LogP contribution in [0.25, 0.3) is 21.5 Å². The van der Waals surface area contributed by atoms with Crippen LogP contribution in [0.5, 0.6) is 5.75 Å². The summed E-state index contributed by atoms with van der Waals surface area (Å²) in [5, 5.41) is 20.1. The number of aryl methyl sites for hydroxylation is 1. The molecule has 0 fully saturated rings. The molecule has 5 rings (SSSR count). The Morgan fingerprint density at radius 1 is 1.20 bits per heavy atom. The summed E-state index contributed by atoms with van der Waals surface area (Å²) in [6, 6.07) is 18.6. The zero-order valence-electron chi connectivity index (χ0n) is 16.6. The lowest BCUT2D eigenvalue weighted by Crippen LogP contribution is -2.35. The Kier molecular flexibility index (Phi) is 5.53. The van der Waals surface area contributed by atoms with Crippen LogP contribution < -0.4 is 10.1 Å². The first-order chi connectivity index (χ1) is 14.8. The van der Waals surface area contributed by atoms with Gasteiger partial charge in [-0.05, 0) is 54.0 Å². The maximum atomic E-state index is 10.4. The van der Waals surface area contributed by atoms with Crippen LogP contribution in [0.3, 0.4) is 0 Å². The van der Waals surface area contributed by atoms with Crippen molar-refractivity contribution in [3.8, 4) is 17.0 Å². The molecule has 154 valence electrons. The van der Waals surface area contributed by atoms with Gasteiger partial charge in [0.15, 0.2) is 5.58 Å². The lowest BCUT2D eigenvalue weighted by Gasteiger charge is -2.27. The summed E-state index contributed by atoms with van der Waals surface area (Å²) >= 11 is 1.61. The van der Waals surface area contributed by atoms with Gasteiger partial charge in [0.05, 0.1) is 0 Å². The van der Waals surface area contributed by atoms with Gasteiger partial charge in [0.1, 0.15) is 28.9 Å². The van der Waals surface area contributed by atoms with Gasteiger partial charge in [0.2, 0.25) is 0 Å². The monoisotopic (exact) mass is 420 g/mol. The number of fused-ring (bicyclic) bond motifs is 2. The van der Waals surface area contributed by atoms with Crippen molar-refractivity contribution in [1.82, 2.24) is 10.5 Å². The number of hydrogen-bond donors (Lipinski definition) is 2. The van der Waals surface area contributed by atoms with Crippen molar-refractivity contribution in [3.63, 3.8) is 0 Å². The normalized spacial score (nSPS) is 17.0. The number of thiophene rings is 1. The molecule has 2 N–H and O–H groups in total. The van der Waals surface area contributed by atoms with E-state index < -0.39 is 6.10 Å². The Morgan fingerprint density at radius 2 is 2.13 bits per heavy atom. The predicted octanol–water partition coefficient (Wildman–Crippen LogP) is 4.96. The minimum absolute atomic E-state index is 0.234. The second-order valence-electron chi connectivity index (χ2n) is 7.69. The van der Waals surface area contributed by atoms with Gasteiger partial charge in [-0.3, -0.25) is 0 Å². The Balaban J connectivity index is 1.18. The molecule has 0 amide bonds. The van der Waals surface area contributed by atoms with Crippen LogP contribution in [0, 0.1) is 0 Å². The first kappa shape index (κ1) is 19.3. The Bertz CT molecular complexity index is 1140. The molecule has 4 aromatic rings. The van der Waals surface area contributed by atoms with Crippen molar-refractivity contribution in [1.29, 1.82) is 0 Å². The van der Waals surface area contributed by atoms with Crippen LogP contribution in [-0.4, -0.2) is 29.5 Å². The third kappa shape index (κ3) is 3.99. The van der Waals surface area contributed by atoms with E-state index in [0.717, 1.165) is 34.4 Å². The number of aliphatic hydroxyl groups excluding tert-OH is 1. The van der Waals surface area contributed by atoms with E-state index in [1.165, 1.54) is 17.5 Å². The first-order valence-electron chi connectivity index (χ1n) is 10.3. The topological polar surface area (TPSA) is 67.5 Å². The number of nitrogens with one attached hydrogen (secondary N) is 1.